The lowest BCUT2D eigenvalue weighted by Crippen LogP contribution is -2.41. The van der Waals surface area contributed by atoms with Crippen LogP contribution in [0.3, 0.4) is 0 Å². The van der Waals surface area contributed by atoms with E-state index in [2.05, 4.69) is 10.3 Å². The zero-order chi connectivity index (χ0) is 24.8. The number of anilines is 1. The van der Waals surface area contributed by atoms with E-state index in [1.165, 1.54) is 18.5 Å². The fourth-order valence-corrected chi connectivity index (χ4v) is 4.82. The standard InChI is InChI=1S/C18H22N6O7S2/c1-23(33(30,31)12-6-4-11(5-7-12)24(28)29)14-8-10-32-15(14)16(25)22-13(17(26)27)3-2-9-21-18(19)20/h4-8,10,13H,2-3,9H2,1H3,(H,22,25)(H,26,27)(H4,19,20,21)/t13-/m0/s1. The van der Waals surface area contributed by atoms with E-state index in [-0.39, 0.29) is 40.1 Å². The number of carbonyl (C=O) groups is 2. The molecule has 1 amide bonds. The molecule has 0 aliphatic carbocycles. The van der Waals surface area contributed by atoms with Crippen LogP contribution in [0.25, 0.3) is 0 Å². The molecule has 1 aromatic heterocycles. The van der Waals surface area contributed by atoms with Gasteiger partial charge in [-0.15, -0.1) is 11.3 Å². The van der Waals surface area contributed by atoms with E-state index in [1.54, 1.807) is 0 Å². The minimum Gasteiger partial charge on any atom is -0.480 e. The maximum atomic E-state index is 12.9. The summed E-state index contributed by atoms with van der Waals surface area (Å²) in [5, 5.41) is 24.1. The molecule has 13 nitrogen and oxygen atoms in total. The van der Waals surface area contributed by atoms with Crippen molar-refractivity contribution in [2.24, 2.45) is 16.5 Å². The van der Waals surface area contributed by atoms with Crippen LogP contribution >= 0.6 is 11.3 Å². The third kappa shape index (κ3) is 6.39. The zero-order valence-corrected chi connectivity index (χ0v) is 19.0. The lowest BCUT2D eigenvalue weighted by molar-refractivity contribution is -0.384. The number of thiophene rings is 1. The first-order valence-electron chi connectivity index (χ1n) is 9.35. The first kappa shape index (κ1) is 25.5. The van der Waals surface area contributed by atoms with Crippen molar-refractivity contribution < 1.29 is 28.0 Å². The summed E-state index contributed by atoms with van der Waals surface area (Å²) < 4.78 is 26.8. The average molecular weight is 499 g/mol. The van der Waals surface area contributed by atoms with E-state index < -0.39 is 32.9 Å². The number of sulfonamides is 1. The van der Waals surface area contributed by atoms with Gasteiger partial charge in [-0.25, -0.2) is 13.2 Å². The van der Waals surface area contributed by atoms with E-state index in [9.17, 15) is 33.2 Å². The fraction of sp³-hybridized carbons (Fsp3) is 0.278. The number of nitrogens with one attached hydrogen (secondary N) is 1. The molecular formula is C18H22N6O7S2. The van der Waals surface area contributed by atoms with Crippen LogP contribution in [-0.4, -0.2) is 55.9 Å². The summed E-state index contributed by atoms with van der Waals surface area (Å²) in [4.78, 5) is 37.9. The lowest BCUT2D eigenvalue weighted by Gasteiger charge is -2.20. The molecule has 0 aliphatic rings. The Balaban J connectivity index is 2.20. The second kappa shape index (κ2) is 10.7. The highest BCUT2D eigenvalue weighted by atomic mass is 32.2. The Morgan fingerprint density at radius 2 is 1.91 bits per heavy atom. The molecule has 1 aromatic carbocycles. The second-order valence-corrected chi connectivity index (χ2v) is 9.56. The fourth-order valence-electron chi connectivity index (χ4n) is 2.73. The van der Waals surface area contributed by atoms with Gasteiger partial charge in [0.2, 0.25) is 0 Å². The van der Waals surface area contributed by atoms with Crippen LogP contribution in [0, 0.1) is 10.1 Å². The Bertz CT molecular complexity index is 1160. The Morgan fingerprint density at radius 3 is 2.45 bits per heavy atom. The van der Waals surface area contributed by atoms with Gasteiger partial charge < -0.3 is 21.9 Å². The van der Waals surface area contributed by atoms with Crippen LogP contribution in [-0.2, 0) is 14.8 Å². The largest absolute Gasteiger partial charge is 0.480 e. The lowest BCUT2D eigenvalue weighted by atomic mass is 10.1. The van der Waals surface area contributed by atoms with Gasteiger partial charge >= 0.3 is 5.97 Å². The topological polar surface area (TPSA) is 211 Å². The van der Waals surface area contributed by atoms with Crippen LogP contribution < -0.4 is 21.1 Å². The van der Waals surface area contributed by atoms with Crippen molar-refractivity contribution in [2.75, 3.05) is 17.9 Å². The zero-order valence-electron chi connectivity index (χ0n) is 17.4. The van der Waals surface area contributed by atoms with Crippen molar-refractivity contribution in [2.45, 2.75) is 23.8 Å². The number of carbonyl (C=O) groups excluding carboxylic acids is 1. The highest BCUT2D eigenvalue weighted by Crippen LogP contribution is 2.30. The molecule has 15 heteroatoms. The van der Waals surface area contributed by atoms with Gasteiger partial charge in [-0.05, 0) is 36.4 Å². The summed E-state index contributed by atoms with van der Waals surface area (Å²) in [6, 6.07) is 4.46. The Hall–Kier alpha value is -3.72. The summed E-state index contributed by atoms with van der Waals surface area (Å²) in [7, 11) is -2.93. The minimum absolute atomic E-state index is 0.0153. The average Bonchev–Trinajstić information content (AvgIpc) is 3.24. The molecule has 33 heavy (non-hydrogen) atoms. The smallest absolute Gasteiger partial charge is 0.326 e. The number of nitrogens with zero attached hydrogens (tertiary/aromatic N) is 3. The van der Waals surface area contributed by atoms with E-state index in [0.29, 0.717) is 6.42 Å². The number of rotatable bonds is 11. The highest BCUT2D eigenvalue weighted by molar-refractivity contribution is 7.92. The minimum atomic E-state index is -4.15. The van der Waals surface area contributed by atoms with Crippen molar-refractivity contribution in [3.8, 4) is 0 Å². The maximum Gasteiger partial charge on any atom is 0.326 e. The Kier molecular flexibility index (Phi) is 8.31. The number of nitro groups is 1. The molecule has 0 saturated heterocycles. The van der Waals surface area contributed by atoms with Gasteiger partial charge in [-0.1, -0.05) is 0 Å². The predicted octanol–water partition coefficient (Wildman–Crippen LogP) is 0.718. The van der Waals surface area contributed by atoms with Crippen LogP contribution in [0.1, 0.15) is 22.5 Å². The van der Waals surface area contributed by atoms with Gasteiger partial charge in [-0.3, -0.25) is 24.2 Å². The number of carboxylic acid groups (broad SMARTS) is 1. The van der Waals surface area contributed by atoms with Crippen LogP contribution in [0.4, 0.5) is 11.4 Å². The van der Waals surface area contributed by atoms with Crippen LogP contribution in [0.5, 0.6) is 0 Å². The number of aliphatic imine (C=N–C) groups is 1. The third-order valence-corrected chi connectivity index (χ3v) is 7.13. The maximum absolute atomic E-state index is 12.9. The summed E-state index contributed by atoms with van der Waals surface area (Å²) in [6.07, 6.45) is 0.344. The van der Waals surface area contributed by atoms with Gasteiger partial charge in [0.1, 0.15) is 10.9 Å². The molecule has 0 radical (unpaired) electrons. The number of hydrogen-bond acceptors (Lipinski definition) is 8. The molecule has 2 aromatic rings. The van der Waals surface area contributed by atoms with E-state index in [0.717, 1.165) is 39.9 Å². The first-order chi connectivity index (χ1) is 15.4. The summed E-state index contributed by atoms with van der Waals surface area (Å²) in [5.41, 5.74) is 10.2. The molecule has 0 aliphatic heterocycles. The molecule has 0 spiro atoms. The molecule has 2 rings (SSSR count). The molecule has 0 fully saturated rings. The summed E-state index contributed by atoms with van der Waals surface area (Å²) in [6.45, 7) is 0.183. The molecule has 0 unspecified atom stereocenters. The highest BCUT2D eigenvalue weighted by Gasteiger charge is 2.28. The third-order valence-electron chi connectivity index (χ3n) is 4.44. The number of nitrogens with two attached hydrogens (primary N) is 2. The van der Waals surface area contributed by atoms with E-state index in [1.807, 2.05) is 0 Å². The number of amides is 1. The van der Waals surface area contributed by atoms with Crippen molar-refractivity contribution in [3.63, 3.8) is 0 Å². The van der Waals surface area contributed by atoms with Gasteiger partial charge in [0.05, 0.1) is 15.5 Å². The normalized spacial score (nSPS) is 11.9. The molecule has 1 heterocycles. The molecule has 1 atom stereocenters. The van der Waals surface area contributed by atoms with E-state index >= 15 is 0 Å². The Morgan fingerprint density at radius 1 is 1.27 bits per heavy atom. The van der Waals surface area contributed by atoms with Crippen LogP contribution in [0.2, 0.25) is 0 Å². The van der Waals surface area contributed by atoms with Crippen molar-refractivity contribution >= 4 is 50.6 Å². The SMILES string of the molecule is CN(c1ccsc1C(=O)N[C@@H](CCCN=C(N)N)C(=O)O)S(=O)(=O)c1ccc([N+](=O)[O-])cc1. The molecule has 0 bridgehead atoms. The molecule has 0 saturated carbocycles. The van der Waals surface area contributed by atoms with Crippen molar-refractivity contribution in [1.82, 2.24) is 5.32 Å². The first-order valence-corrected chi connectivity index (χ1v) is 11.7. The number of non-ortho nitro benzene ring substituents is 1. The van der Waals surface area contributed by atoms with Gasteiger partial charge in [0.25, 0.3) is 21.6 Å². The van der Waals surface area contributed by atoms with E-state index in [4.69, 9.17) is 11.5 Å². The monoisotopic (exact) mass is 498 g/mol. The number of hydrogen-bond donors (Lipinski definition) is 4. The van der Waals surface area contributed by atoms with Gasteiger partial charge in [0, 0.05) is 25.7 Å². The second-order valence-electron chi connectivity index (χ2n) is 6.67. The number of aliphatic carboxylic acids is 1. The quantitative estimate of drug-likeness (QED) is 0.113. The van der Waals surface area contributed by atoms with Gasteiger partial charge in [-0.2, -0.15) is 0 Å². The summed E-state index contributed by atoms with van der Waals surface area (Å²) in [5.74, 6) is -2.16. The number of carboxylic acids is 1. The van der Waals surface area contributed by atoms with Crippen LogP contribution in [0.15, 0.2) is 45.6 Å². The molecule has 178 valence electrons. The number of nitro benzene ring substituents is 1. The number of guanidine groups is 1. The predicted molar refractivity (Wildman–Crippen MR) is 122 cm³/mol. The summed E-state index contributed by atoms with van der Waals surface area (Å²) >= 11 is 0.934. The Labute approximate surface area is 192 Å². The molecule has 6 N–H and O–H groups in total. The van der Waals surface area contributed by atoms with Gasteiger partial charge in [0.15, 0.2) is 5.96 Å². The van der Waals surface area contributed by atoms with Crippen molar-refractivity contribution in [3.05, 3.63) is 50.7 Å². The van der Waals surface area contributed by atoms with Crippen molar-refractivity contribution in [1.29, 1.82) is 0 Å². The molecular weight excluding hydrogens is 476 g/mol. The number of benzene rings is 1.